The summed E-state index contributed by atoms with van der Waals surface area (Å²) < 4.78 is 1.68. The summed E-state index contributed by atoms with van der Waals surface area (Å²) in [7, 11) is 0. The molecule has 2 aromatic heterocycles. The number of aromatic amines is 1. The van der Waals surface area contributed by atoms with Crippen molar-refractivity contribution in [3.63, 3.8) is 0 Å². The molecular formula is C23H30N6O. The van der Waals surface area contributed by atoms with E-state index in [1.807, 2.05) is 30.3 Å². The summed E-state index contributed by atoms with van der Waals surface area (Å²) >= 11 is 0. The number of nitrogens with one attached hydrogen (secondary N) is 2. The van der Waals surface area contributed by atoms with Gasteiger partial charge in [0.15, 0.2) is 0 Å². The molecule has 158 valence electrons. The summed E-state index contributed by atoms with van der Waals surface area (Å²) in [6.45, 7) is 3.45. The van der Waals surface area contributed by atoms with Crippen LogP contribution in [0.15, 0.2) is 35.1 Å². The summed E-state index contributed by atoms with van der Waals surface area (Å²) in [6.07, 6.45) is 7.99. The molecule has 1 unspecified atom stereocenters. The molecule has 1 saturated heterocycles. The van der Waals surface area contributed by atoms with E-state index in [2.05, 4.69) is 25.3 Å². The van der Waals surface area contributed by atoms with Gasteiger partial charge in [-0.3, -0.25) is 9.69 Å². The minimum absolute atomic E-state index is 0.0459. The van der Waals surface area contributed by atoms with Crippen LogP contribution < -0.4 is 10.9 Å². The van der Waals surface area contributed by atoms with Crippen LogP contribution >= 0.6 is 0 Å². The molecule has 0 amide bonds. The third kappa shape index (κ3) is 4.12. The van der Waals surface area contributed by atoms with Crippen molar-refractivity contribution >= 4 is 17.0 Å². The highest BCUT2D eigenvalue weighted by Crippen LogP contribution is 2.19. The zero-order valence-electron chi connectivity index (χ0n) is 17.4. The standard InChI is InChI=1S/C23H30N6O/c30-22-15-17-7-1-2-9-19(17)27-29(22)14-13-28-12-6-5-8-18(28)16-24-23-25-20-10-3-4-11-21(20)26-23/h3-4,10-11,15,18H,1-2,5-9,12-14,16H2,(H2,24,25,26). The maximum absolute atomic E-state index is 12.5. The zero-order chi connectivity index (χ0) is 20.3. The second-order valence-electron chi connectivity index (χ2n) is 8.55. The van der Waals surface area contributed by atoms with Gasteiger partial charge < -0.3 is 10.3 Å². The number of fused-ring (bicyclic) bond motifs is 2. The van der Waals surface area contributed by atoms with Crippen LogP contribution in [-0.4, -0.2) is 50.3 Å². The minimum atomic E-state index is 0.0459. The van der Waals surface area contributed by atoms with Crippen molar-refractivity contribution in [1.29, 1.82) is 0 Å². The van der Waals surface area contributed by atoms with E-state index in [9.17, 15) is 4.79 Å². The molecule has 1 fully saturated rings. The van der Waals surface area contributed by atoms with Crippen LogP contribution in [0.3, 0.4) is 0 Å². The Balaban J connectivity index is 1.22. The Labute approximate surface area is 176 Å². The molecule has 2 N–H and O–H groups in total. The molecule has 0 bridgehead atoms. The monoisotopic (exact) mass is 406 g/mol. The topological polar surface area (TPSA) is 78.8 Å². The predicted molar refractivity (Wildman–Crippen MR) is 119 cm³/mol. The van der Waals surface area contributed by atoms with Gasteiger partial charge in [0.1, 0.15) is 0 Å². The van der Waals surface area contributed by atoms with Gasteiger partial charge >= 0.3 is 0 Å². The summed E-state index contributed by atoms with van der Waals surface area (Å²) in [5.74, 6) is 0.828. The fourth-order valence-electron chi connectivity index (χ4n) is 4.82. The molecular weight excluding hydrogens is 376 g/mol. The lowest BCUT2D eigenvalue weighted by atomic mass is 9.97. The first-order chi connectivity index (χ1) is 14.8. The van der Waals surface area contributed by atoms with E-state index in [0.29, 0.717) is 12.6 Å². The van der Waals surface area contributed by atoms with Gasteiger partial charge in [-0.15, -0.1) is 0 Å². The van der Waals surface area contributed by atoms with Gasteiger partial charge in [-0.25, -0.2) is 9.67 Å². The summed E-state index contributed by atoms with van der Waals surface area (Å²) in [5.41, 5.74) is 4.37. The second kappa shape index (κ2) is 8.60. The molecule has 1 atom stereocenters. The number of H-pyrrole nitrogens is 1. The van der Waals surface area contributed by atoms with Gasteiger partial charge in [-0.05, 0) is 62.8 Å². The molecule has 0 radical (unpaired) electrons. The number of nitrogens with zero attached hydrogens (tertiary/aromatic N) is 4. The average Bonchev–Trinajstić information content (AvgIpc) is 3.20. The Kier molecular flexibility index (Phi) is 5.53. The van der Waals surface area contributed by atoms with Crippen LogP contribution in [0, 0.1) is 0 Å². The van der Waals surface area contributed by atoms with Crippen LogP contribution in [0.5, 0.6) is 0 Å². The van der Waals surface area contributed by atoms with Crippen molar-refractivity contribution in [3.05, 3.63) is 51.9 Å². The number of anilines is 1. The Hall–Kier alpha value is -2.67. The van der Waals surface area contributed by atoms with E-state index in [1.165, 1.54) is 32.1 Å². The fraction of sp³-hybridized carbons (Fsp3) is 0.522. The summed E-state index contributed by atoms with van der Waals surface area (Å²) in [4.78, 5) is 23.0. The molecule has 0 saturated carbocycles. The van der Waals surface area contributed by atoms with Crippen LogP contribution in [0.1, 0.15) is 43.4 Å². The maximum atomic E-state index is 12.5. The van der Waals surface area contributed by atoms with E-state index < -0.39 is 0 Å². The Morgan fingerprint density at radius 1 is 1.10 bits per heavy atom. The highest BCUT2D eigenvalue weighted by atomic mass is 16.1. The van der Waals surface area contributed by atoms with E-state index >= 15 is 0 Å². The lowest BCUT2D eigenvalue weighted by Crippen LogP contribution is -2.45. The summed E-state index contributed by atoms with van der Waals surface area (Å²) in [6, 6.07) is 10.4. The molecule has 3 heterocycles. The maximum Gasteiger partial charge on any atom is 0.267 e. The van der Waals surface area contributed by atoms with E-state index in [-0.39, 0.29) is 5.56 Å². The number of hydrogen-bond acceptors (Lipinski definition) is 5. The van der Waals surface area contributed by atoms with Crippen molar-refractivity contribution < 1.29 is 0 Å². The minimum Gasteiger partial charge on any atom is -0.354 e. The van der Waals surface area contributed by atoms with Gasteiger partial charge in [0.05, 0.1) is 23.3 Å². The number of imidazole rings is 1. The van der Waals surface area contributed by atoms with Crippen molar-refractivity contribution in [2.75, 3.05) is 25.0 Å². The first-order valence-corrected chi connectivity index (χ1v) is 11.3. The number of rotatable bonds is 6. The number of hydrogen-bond donors (Lipinski definition) is 2. The smallest absolute Gasteiger partial charge is 0.267 e. The van der Waals surface area contributed by atoms with Crippen molar-refractivity contribution in [1.82, 2.24) is 24.6 Å². The van der Waals surface area contributed by atoms with Gasteiger partial charge in [0, 0.05) is 25.2 Å². The number of benzene rings is 1. The SMILES string of the molecule is O=c1cc2c(nn1CCN1CCCCC1CNc1nc3ccccc3[nH]1)CCCC2. The van der Waals surface area contributed by atoms with Gasteiger partial charge in [-0.2, -0.15) is 5.10 Å². The Morgan fingerprint density at radius 2 is 2.00 bits per heavy atom. The molecule has 7 nitrogen and oxygen atoms in total. The third-order valence-electron chi connectivity index (χ3n) is 6.52. The number of para-hydroxylation sites is 2. The van der Waals surface area contributed by atoms with Crippen LogP contribution in [0.4, 0.5) is 5.95 Å². The second-order valence-corrected chi connectivity index (χ2v) is 8.55. The highest BCUT2D eigenvalue weighted by molar-refractivity contribution is 5.77. The van der Waals surface area contributed by atoms with E-state index in [4.69, 9.17) is 0 Å². The van der Waals surface area contributed by atoms with Crippen molar-refractivity contribution in [2.24, 2.45) is 0 Å². The number of aromatic nitrogens is 4. The molecule has 2 aliphatic rings. The quantitative estimate of drug-likeness (QED) is 0.658. The molecule has 7 heteroatoms. The van der Waals surface area contributed by atoms with Crippen LogP contribution in [-0.2, 0) is 19.4 Å². The lowest BCUT2D eigenvalue weighted by molar-refractivity contribution is 0.147. The Bertz CT molecular complexity index is 1040. The summed E-state index contributed by atoms with van der Waals surface area (Å²) in [5, 5.41) is 8.18. The number of likely N-dealkylation sites (tertiary alicyclic amines) is 1. The molecule has 5 rings (SSSR count). The van der Waals surface area contributed by atoms with Crippen LogP contribution in [0.2, 0.25) is 0 Å². The molecule has 0 spiro atoms. The lowest BCUT2D eigenvalue weighted by Gasteiger charge is -2.35. The van der Waals surface area contributed by atoms with Crippen molar-refractivity contribution in [2.45, 2.75) is 57.5 Å². The van der Waals surface area contributed by atoms with E-state index in [1.54, 1.807) is 4.68 Å². The first-order valence-electron chi connectivity index (χ1n) is 11.3. The van der Waals surface area contributed by atoms with Gasteiger partial charge in [-0.1, -0.05) is 18.6 Å². The van der Waals surface area contributed by atoms with Gasteiger partial charge in [0.2, 0.25) is 5.95 Å². The predicted octanol–water partition coefficient (Wildman–Crippen LogP) is 2.97. The normalized spacial score (nSPS) is 19.7. The van der Waals surface area contributed by atoms with Crippen molar-refractivity contribution in [3.8, 4) is 0 Å². The van der Waals surface area contributed by atoms with Gasteiger partial charge in [0.25, 0.3) is 5.56 Å². The Morgan fingerprint density at radius 3 is 2.93 bits per heavy atom. The molecule has 1 aliphatic heterocycles. The third-order valence-corrected chi connectivity index (χ3v) is 6.52. The highest BCUT2D eigenvalue weighted by Gasteiger charge is 2.23. The number of piperidine rings is 1. The van der Waals surface area contributed by atoms with E-state index in [0.717, 1.165) is 60.7 Å². The fourth-order valence-corrected chi connectivity index (χ4v) is 4.82. The van der Waals surface area contributed by atoms with Crippen LogP contribution in [0.25, 0.3) is 11.0 Å². The molecule has 3 aromatic rings. The zero-order valence-corrected chi connectivity index (χ0v) is 17.4. The molecule has 30 heavy (non-hydrogen) atoms. The molecule has 1 aliphatic carbocycles. The number of aryl methyl sites for hydroxylation is 2. The largest absolute Gasteiger partial charge is 0.354 e. The molecule has 1 aromatic carbocycles. The first kappa shape index (κ1) is 19.3. The average molecular weight is 407 g/mol.